The molecule has 0 saturated heterocycles. The number of ketones is 1. The largest absolute Gasteiger partial charge is 0.512 e. The van der Waals surface area contributed by atoms with Crippen molar-refractivity contribution in [2.45, 2.75) is 53.4 Å². The van der Waals surface area contributed by atoms with Gasteiger partial charge in [0.2, 0.25) is 0 Å². The Morgan fingerprint density at radius 1 is 0.946 bits per heavy atom. The van der Waals surface area contributed by atoms with E-state index < -0.39 is 0 Å². The van der Waals surface area contributed by atoms with Crippen molar-refractivity contribution in [2.75, 3.05) is 0 Å². The van der Waals surface area contributed by atoms with Crippen molar-refractivity contribution in [3.63, 3.8) is 0 Å². The molecule has 3 nitrogen and oxygen atoms in total. The maximum Gasteiger partial charge on any atom is 0.155 e. The van der Waals surface area contributed by atoms with Crippen LogP contribution in [0.4, 0.5) is 0 Å². The van der Waals surface area contributed by atoms with Gasteiger partial charge in [0.15, 0.2) is 5.78 Å². The van der Waals surface area contributed by atoms with Crippen LogP contribution in [0.5, 0.6) is 0 Å². The van der Waals surface area contributed by atoms with Crippen LogP contribution in [0.25, 0.3) is 22.0 Å². The smallest absolute Gasteiger partial charge is 0.155 e. The minimum absolute atomic E-state index is 0. The van der Waals surface area contributed by atoms with E-state index in [9.17, 15) is 4.79 Å². The zero-order valence-corrected chi connectivity index (χ0v) is 24.2. The molecule has 1 spiro atoms. The van der Waals surface area contributed by atoms with Gasteiger partial charge < -0.3 is 10.1 Å². The molecular formula is C33H32IrNO2-. The average Bonchev–Trinajstić information content (AvgIpc) is 3.17. The van der Waals surface area contributed by atoms with Gasteiger partial charge in [-0.05, 0) is 74.8 Å². The molecule has 1 radical (unpaired) electrons. The first-order valence-corrected chi connectivity index (χ1v) is 12.6. The Morgan fingerprint density at radius 2 is 1.59 bits per heavy atom. The van der Waals surface area contributed by atoms with E-state index in [1.165, 1.54) is 82.5 Å². The summed E-state index contributed by atoms with van der Waals surface area (Å²) in [7, 11) is 0. The molecule has 1 N–H and O–H groups in total. The van der Waals surface area contributed by atoms with E-state index in [0.29, 0.717) is 0 Å². The number of aryl methyl sites for hydroxylation is 2. The second-order valence-electron chi connectivity index (χ2n) is 10.5. The van der Waals surface area contributed by atoms with E-state index in [4.69, 9.17) is 10.1 Å². The Labute approximate surface area is 233 Å². The fourth-order valence-corrected chi connectivity index (χ4v) is 5.94. The number of hydrogen-bond donors (Lipinski definition) is 1. The predicted octanol–water partition coefficient (Wildman–Crippen LogP) is 7.24. The normalized spacial score (nSPS) is 15.0. The summed E-state index contributed by atoms with van der Waals surface area (Å²) in [6, 6.07) is 23.8. The van der Waals surface area contributed by atoms with Gasteiger partial charge in [-0.25, -0.2) is 0 Å². The third-order valence-corrected chi connectivity index (χ3v) is 7.57. The van der Waals surface area contributed by atoms with Crippen LogP contribution in [0.15, 0.2) is 72.6 Å². The number of aromatic nitrogens is 1. The Bertz CT molecular complexity index is 1490. The van der Waals surface area contributed by atoms with Crippen molar-refractivity contribution in [3.8, 4) is 11.3 Å². The second kappa shape index (κ2) is 10.7. The summed E-state index contributed by atoms with van der Waals surface area (Å²) in [5, 5.41) is 11.1. The summed E-state index contributed by atoms with van der Waals surface area (Å²) in [6.07, 6.45) is 7.79. The van der Waals surface area contributed by atoms with Gasteiger partial charge in [0.05, 0.1) is 5.76 Å². The number of benzene rings is 3. The molecule has 2 aliphatic carbocycles. The molecule has 6 rings (SSSR count). The van der Waals surface area contributed by atoms with E-state index in [0.717, 1.165) is 18.5 Å². The summed E-state index contributed by atoms with van der Waals surface area (Å²) < 4.78 is 0. The Kier molecular flexibility index (Phi) is 7.82. The molecule has 0 aliphatic heterocycles. The molecule has 0 bridgehead atoms. The zero-order chi connectivity index (χ0) is 25.4. The number of allylic oxidation sites excluding steroid dienone is 2. The van der Waals surface area contributed by atoms with Crippen molar-refractivity contribution in [2.24, 2.45) is 5.41 Å². The van der Waals surface area contributed by atoms with Crippen LogP contribution in [0, 0.1) is 25.3 Å². The van der Waals surface area contributed by atoms with Crippen LogP contribution in [0.1, 0.15) is 47.2 Å². The van der Waals surface area contributed by atoms with Crippen LogP contribution in [0.2, 0.25) is 0 Å². The summed E-state index contributed by atoms with van der Waals surface area (Å²) in [6.45, 7) is 7.15. The fraction of sp³-hybridized carbons (Fsp3) is 0.273. The minimum Gasteiger partial charge on any atom is -0.512 e. The van der Waals surface area contributed by atoms with E-state index >= 15 is 0 Å². The van der Waals surface area contributed by atoms with Gasteiger partial charge in [0.1, 0.15) is 0 Å². The SMILES string of the molecule is CC(=O)/C=C(/C)O.Cc1cnc(-c2[c-]cc3cccc4c3c2CC2(Cc3ccccc3C2)C4)cc1C.[Ir]. The van der Waals surface area contributed by atoms with Gasteiger partial charge in [0.25, 0.3) is 0 Å². The standard InChI is InChI=1S/C28H24N.C5H8O2.Ir/c1-18-12-26(29-17-19(18)2)24-11-10-20-8-5-9-23-15-28(16-25(24)27(20)23)13-21-6-3-4-7-22(21)14-28;1-4(6)3-5(2)7;/h3-10,12,17H,13-16H2,1-2H3;3,6H,1-2H3;/q-1;;/b;4-3-;. The first-order chi connectivity index (χ1) is 17.2. The number of hydrogen-bond acceptors (Lipinski definition) is 3. The summed E-state index contributed by atoms with van der Waals surface area (Å²) in [5.41, 5.74) is 11.1. The Hall–Kier alpha value is -3.07. The van der Waals surface area contributed by atoms with Crippen LogP contribution < -0.4 is 0 Å². The van der Waals surface area contributed by atoms with Crippen LogP contribution >= 0.6 is 0 Å². The number of fused-ring (bicyclic) bond motifs is 1. The molecule has 191 valence electrons. The maximum atomic E-state index is 10.0. The monoisotopic (exact) mass is 667 g/mol. The van der Waals surface area contributed by atoms with Crippen molar-refractivity contribution >= 4 is 16.6 Å². The molecular weight excluding hydrogens is 635 g/mol. The van der Waals surface area contributed by atoms with Gasteiger partial charge in [-0.1, -0.05) is 76.9 Å². The van der Waals surface area contributed by atoms with Crippen LogP contribution in [0.3, 0.4) is 0 Å². The van der Waals surface area contributed by atoms with E-state index in [2.05, 4.69) is 74.5 Å². The Morgan fingerprint density at radius 3 is 2.19 bits per heavy atom. The number of aliphatic hydroxyl groups is 1. The second-order valence-corrected chi connectivity index (χ2v) is 10.5. The quantitative estimate of drug-likeness (QED) is 0.140. The Balaban J connectivity index is 0.000000356. The topological polar surface area (TPSA) is 50.2 Å². The van der Waals surface area contributed by atoms with Crippen molar-refractivity contribution in [3.05, 3.63) is 112 Å². The molecule has 0 amide bonds. The minimum atomic E-state index is -0.125. The van der Waals surface area contributed by atoms with E-state index in [1.54, 1.807) is 0 Å². The van der Waals surface area contributed by atoms with Crippen molar-refractivity contribution in [1.29, 1.82) is 0 Å². The molecule has 1 heterocycles. The first kappa shape index (κ1) is 27.0. The molecule has 3 aromatic carbocycles. The molecule has 2 aliphatic rings. The third-order valence-electron chi connectivity index (χ3n) is 7.57. The molecule has 4 heteroatoms. The van der Waals surface area contributed by atoms with Crippen molar-refractivity contribution < 1.29 is 30.0 Å². The number of pyridine rings is 1. The molecule has 0 saturated carbocycles. The molecule has 0 fully saturated rings. The summed E-state index contributed by atoms with van der Waals surface area (Å²) in [4.78, 5) is 14.8. The number of rotatable bonds is 2. The van der Waals surface area contributed by atoms with Gasteiger partial charge in [-0.2, -0.15) is 0 Å². The molecule has 0 unspecified atom stereocenters. The number of carbonyl (C=O) groups excluding carboxylic acids is 1. The number of carbonyl (C=O) groups is 1. The van der Waals surface area contributed by atoms with Gasteiger partial charge >= 0.3 is 0 Å². The van der Waals surface area contributed by atoms with Gasteiger partial charge in [-0.3, -0.25) is 4.79 Å². The van der Waals surface area contributed by atoms with Gasteiger partial charge in [0, 0.05) is 32.4 Å². The van der Waals surface area contributed by atoms with Crippen LogP contribution in [-0.4, -0.2) is 15.9 Å². The molecule has 37 heavy (non-hydrogen) atoms. The maximum absolute atomic E-state index is 10.0. The third kappa shape index (κ3) is 5.46. The average molecular weight is 667 g/mol. The number of nitrogens with zero attached hydrogens (tertiary/aromatic N) is 1. The fourth-order valence-electron chi connectivity index (χ4n) is 5.94. The molecule has 4 aromatic rings. The van der Waals surface area contributed by atoms with Crippen molar-refractivity contribution in [1.82, 2.24) is 4.98 Å². The van der Waals surface area contributed by atoms with Gasteiger partial charge in [-0.15, -0.1) is 23.3 Å². The van der Waals surface area contributed by atoms with E-state index in [1.807, 2.05) is 6.20 Å². The first-order valence-electron chi connectivity index (χ1n) is 12.6. The molecule has 1 aromatic heterocycles. The zero-order valence-electron chi connectivity index (χ0n) is 21.8. The summed E-state index contributed by atoms with van der Waals surface area (Å²) >= 11 is 0. The number of aliphatic hydroxyl groups excluding tert-OH is 1. The van der Waals surface area contributed by atoms with Crippen LogP contribution in [-0.2, 0) is 50.6 Å². The molecule has 0 atom stereocenters. The van der Waals surface area contributed by atoms with E-state index in [-0.39, 0.29) is 37.1 Å². The summed E-state index contributed by atoms with van der Waals surface area (Å²) in [5.74, 6) is -0.0625. The predicted molar refractivity (Wildman–Crippen MR) is 146 cm³/mol.